The van der Waals surface area contributed by atoms with E-state index >= 15 is 0 Å². The summed E-state index contributed by atoms with van der Waals surface area (Å²) in [5.41, 5.74) is 2.40. The van der Waals surface area contributed by atoms with Crippen LogP contribution >= 0.6 is 0 Å². The van der Waals surface area contributed by atoms with Crippen molar-refractivity contribution in [3.05, 3.63) is 66.1 Å². The van der Waals surface area contributed by atoms with Crippen molar-refractivity contribution in [3.8, 4) is 0 Å². The van der Waals surface area contributed by atoms with Crippen molar-refractivity contribution in [2.45, 2.75) is 13.5 Å². The second kappa shape index (κ2) is 7.28. The second-order valence-electron chi connectivity index (χ2n) is 5.14. The molecule has 0 aliphatic rings. The van der Waals surface area contributed by atoms with Gasteiger partial charge < -0.3 is 10.6 Å². The fourth-order valence-electron chi connectivity index (χ4n) is 2.08. The standard InChI is InChI=1S/C17H16N6O/c1-12(24)14-5-2-6-15(8-14)21-17-22-16(11-20-23-17)19-10-13-4-3-7-18-9-13/h2-9,11H,10H2,1H3,(H2,19,21,22,23). The maximum atomic E-state index is 11.4. The molecule has 0 radical (unpaired) electrons. The molecule has 1 aromatic carbocycles. The first-order chi connectivity index (χ1) is 11.7. The zero-order valence-electron chi connectivity index (χ0n) is 13.1. The van der Waals surface area contributed by atoms with E-state index in [2.05, 4.69) is 30.8 Å². The minimum atomic E-state index is 0.00424. The summed E-state index contributed by atoms with van der Waals surface area (Å²) in [6.07, 6.45) is 5.06. The normalized spacial score (nSPS) is 10.2. The SMILES string of the molecule is CC(=O)c1cccc(Nc2nncc(NCc3cccnc3)n2)c1. The van der Waals surface area contributed by atoms with Gasteiger partial charge in [-0.05, 0) is 30.7 Å². The molecule has 24 heavy (non-hydrogen) atoms. The van der Waals surface area contributed by atoms with Crippen LogP contribution in [0.3, 0.4) is 0 Å². The molecule has 2 aromatic heterocycles. The Balaban J connectivity index is 1.69. The van der Waals surface area contributed by atoms with Crippen LogP contribution in [0.25, 0.3) is 0 Å². The van der Waals surface area contributed by atoms with Gasteiger partial charge in [0, 0.05) is 30.2 Å². The number of nitrogens with zero attached hydrogens (tertiary/aromatic N) is 4. The van der Waals surface area contributed by atoms with Gasteiger partial charge in [-0.25, -0.2) is 0 Å². The highest BCUT2D eigenvalue weighted by molar-refractivity contribution is 5.95. The molecule has 7 heteroatoms. The summed E-state index contributed by atoms with van der Waals surface area (Å²) in [5, 5.41) is 14.1. The predicted molar refractivity (Wildman–Crippen MR) is 91.1 cm³/mol. The molecule has 2 heterocycles. The molecule has 0 bridgehead atoms. The van der Waals surface area contributed by atoms with Crippen molar-refractivity contribution in [1.29, 1.82) is 0 Å². The number of pyridine rings is 1. The first-order valence-corrected chi connectivity index (χ1v) is 7.41. The number of nitrogens with one attached hydrogen (secondary N) is 2. The van der Waals surface area contributed by atoms with E-state index < -0.39 is 0 Å². The Morgan fingerprint density at radius 2 is 2.08 bits per heavy atom. The number of rotatable bonds is 6. The lowest BCUT2D eigenvalue weighted by atomic mass is 10.1. The molecule has 0 aliphatic carbocycles. The van der Waals surface area contributed by atoms with Crippen LogP contribution in [-0.4, -0.2) is 25.9 Å². The Morgan fingerprint density at radius 3 is 2.88 bits per heavy atom. The smallest absolute Gasteiger partial charge is 0.249 e. The van der Waals surface area contributed by atoms with Gasteiger partial charge in [-0.15, -0.1) is 5.10 Å². The fourth-order valence-corrected chi connectivity index (χ4v) is 2.08. The van der Waals surface area contributed by atoms with E-state index in [9.17, 15) is 4.79 Å². The molecule has 7 nitrogen and oxygen atoms in total. The number of aromatic nitrogens is 4. The highest BCUT2D eigenvalue weighted by Crippen LogP contribution is 2.16. The Kier molecular flexibility index (Phi) is 4.71. The van der Waals surface area contributed by atoms with Gasteiger partial charge in [-0.2, -0.15) is 10.1 Å². The van der Waals surface area contributed by atoms with E-state index in [-0.39, 0.29) is 5.78 Å². The van der Waals surface area contributed by atoms with Crippen molar-refractivity contribution in [2.75, 3.05) is 10.6 Å². The fraction of sp³-hybridized carbons (Fsp3) is 0.118. The van der Waals surface area contributed by atoms with Gasteiger partial charge in [0.25, 0.3) is 0 Å². The quantitative estimate of drug-likeness (QED) is 0.675. The van der Waals surface area contributed by atoms with Gasteiger partial charge >= 0.3 is 0 Å². The van der Waals surface area contributed by atoms with E-state index in [0.717, 1.165) is 11.3 Å². The van der Waals surface area contributed by atoms with Gasteiger partial charge in [0.1, 0.15) is 0 Å². The topological polar surface area (TPSA) is 92.7 Å². The average molecular weight is 320 g/mol. The Hall–Kier alpha value is -3.35. The number of hydrogen-bond acceptors (Lipinski definition) is 7. The third-order valence-electron chi connectivity index (χ3n) is 3.28. The van der Waals surface area contributed by atoms with Gasteiger partial charge in [0.2, 0.25) is 5.95 Å². The molecule has 0 aliphatic heterocycles. The zero-order chi connectivity index (χ0) is 16.8. The van der Waals surface area contributed by atoms with Crippen molar-refractivity contribution in [3.63, 3.8) is 0 Å². The maximum absolute atomic E-state index is 11.4. The molecule has 2 N–H and O–H groups in total. The van der Waals surface area contributed by atoms with Crippen molar-refractivity contribution >= 4 is 23.2 Å². The van der Waals surface area contributed by atoms with E-state index in [1.165, 1.54) is 6.92 Å². The summed E-state index contributed by atoms with van der Waals surface area (Å²) in [4.78, 5) is 19.9. The van der Waals surface area contributed by atoms with Crippen LogP contribution in [0.5, 0.6) is 0 Å². The molecule has 0 atom stereocenters. The lowest BCUT2D eigenvalue weighted by molar-refractivity contribution is 0.101. The van der Waals surface area contributed by atoms with E-state index in [1.54, 1.807) is 36.8 Å². The molecule has 0 unspecified atom stereocenters. The summed E-state index contributed by atoms with van der Waals surface area (Å²) >= 11 is 0. The minimum Gasteiger partial charge on any atom is -0.364 e. The monoisotopic (exact) mass is 320 g/mol. The van der Waals surface area contributed by atoms with Crippen LogP contribution in [0.15, 0.2) is 55.0 Å². The van der Waals surface area contributed by atoms with Crippen LogP contribution < -0.4 is 10.6 Å². The number of hydrogen-bond donors (Lipinski definition) is 2. The van der Waals surface area contributed by atoms with Crippen molar-refractivity contribution in [2.24, 2.45) is 0 Å². The number of ketones is 1. The molecular weight excluding hydrogens is 304 g/mol. The molecule has 0 amide bonds. The summed E-state index contributed by atoms with van der Waals surface area (Å²) in [6, 6.07) is 11.0. The third kappa shape index (κ3) is 4.10. The van der Waals surface area contributed by atoms with Gasteiger partial charge in [-0.1, -0.05) is 18.2 Å². The summed E-state index contributed by atoms with van der Waals surface area (Å²) < 4.78 is 0. The van der Waals surface area contributed by atoms with Gasteiger partial charge in [0.15, 0.2) is 11.6 Å². The molecule has 0 saturated carbocycles. The first kappa shape index (κ1) is 15.5. The van der Waals surface area contributed by atoms with E-state index in [4.69, 9.17) is 0 Å². The average Bonchev–Trinajstić information content (AvgIpc) is 2.61. The molecule has 120 valence electrons. The minimum absolute atomic E-state index is 0.00424. The predicted octanol–water partition coefficient (Wildman–Crippen LogP) is 2.82. The number of carbonyl (C=O) groups excluding carboxylic acids is 1. The number of carbonyl (C=O) groups is 1. The van der Waals surface area contributed by atoms with Crippen LogP contribution in [0.1, 0.15) is 22.8 Å². The van der Waals surface area contributed by atoms with Crippen molar-refractivity contribution in [1.82, 2.24) is 20.2 Å². The van der Waals surface area contributed by atoms with Crippen LogP contribution in [0.2, 0.25) is 0 Å². The maximum Gasteiger partial charge on any atom is 0.249 e. The molecule has 3 rings (SSSR count). The lowest BCUT2D eigenvalue weighted by Gasteiger charge is -2.08. The lowest BCUT2D eigenvalue weighted by Crippen LogP contribution is -2.06. The Bertz CT molecular complexity index is 837. The molecule has 0 saturated heterocycles. The highest BCUT2D eigenvalue weighted by atomic mass is 16.1. The van der Waals surface area contributed by atoms with Crippen LogP contribution in [-0.2, 0) is 6.54 Å². The Morgan fingerprint density at radius 1 is 1.17 bits per heavy atom. The molecule has 3 aromatic rings. The number of Topliss-reactive ketones (excluding diaryl/α,β-unsaturated/α-hetero) is 1. The Labute approximate surface area is 139 Å². The van der Waals surface area contributed by atoms with Crippen LogP contribution in [0, 0.1) is 0 Å². The molecular formula is C17H16N6O. The van der Waals surface area contributed by atoms with E-state index in [1.807, 2.05) is 18.2 Å². The summed E-state index contributed by atoms with van der Waals surface area (Å²) in [5.74, 6) is 0.954. The zero-order valence-corrected chi connectivity index (χ0v) is 13.1. The number of benzene rings is 1. The first-order valence-electron chi connectivity index (χ1n) is 7.41. The highest BCUT2D eigenvalue weighted by Gasteiger charge is 2.04. The van der Waals surface area contributed by atoms with Crippen LogP contribution in [0.4, 0.5) is 17.5 Å². The third-order valence-corrected chi connectivity index (χ3v) is 3.28. The van der Waals surface area contributed by atoms with Gasteiger partial charge in [-0.3, -0.25) is 9.78 Å². The summed E-state index contributed by atoms with van der Waals surface area (Å²) in [7, 11) is 0. The van der Waals surface area contributed by atoms with Crippen molar-refractivity contribution < 1.29 is 4.79 Å². The molecule has 0 fully saturated rings. The van der Waals surface area contributed by atoms with Gasteiger partial charge in [0.05, 0.1) is 6.20 Å². The largest absolute Gasteiger partial charge is 0.364 e. The second-order valence-corrected chi connectivity index (χ2v) is 5.14. The van der Waals surface area contributed by atoms with E-state index in [0.29, 0.717) is 23.9 Å². The number of anilines is 3. The molecule has 0 spiro atoms. The summed E-state index contributed by atoms with van der Waals surface area (Å²) in [6.45, 7) is 2.12.